The van der Waals surface area contributed by atoms with Crippen LogP contribution < -0.4 is 4.90 Å². The third kappa shape index (κ3) is 4.71. The Labute approximate surface area is 169 Å². The topological polar surface area (TPSA) is 55.8 Å². The molecule has 0 aliphatic heterocycles. The molecule has 0 aliphatic carbocycles. The average Bonchev–Trinajstić information content (AvgIpc) is 2.79. The molecule has 3 aromatic rings. The van der Waals surface area contributed by atoms with Crippen molar-refractivity contribution in [1.82, 2.24) is 0 Å². The zero-order chi connectivity index (χ0) is 20.6. The fraction of sp³-hybridized carbons (Fsp3) is 0.0833. The maximum absolute atomic E-state index is 11.9. The fourth-order valence-electron chi connectivity index (χ4n) is 2.91. The molecule has 0 saturated heterocycles. The van der Waals surface area contributed by atoms with E-state index in [4.69, 9.17) is 0 Å². The van der Waals surface area contributed by atoms with Crippen LogP contribution in [-0.4, -0.2) is 26.2 Å². The zero-order valence-electron chi connectivity index (χ0n) is 16.2. The van der Waals surface area contributed by atoms with Gasteiger partial charge in [0.05, 0.1) is 14.2 Å². The van der Waals surface area contributed by atoms with Crippen LogP contribution in [0.25, 0.3) is 6.08 Å². The second kappa shape index (κ2) is 9.37. The molecule has 3 aromatic carbocycles. The van der Waals surface area contributed by atoms with Crippen molar-refractivity contribution < 1.29 is 19.1 Å². The van der Waals surface area contributed by atoms with Crippen LogP contribution in [0.5, 0.6) is 0 Å². The molecule has 0 N–H and O–H groups in total. The van der Waals surface area contributed by atoms with Gasteiger partial charge in [-0.1, -0.05) is 48.5 Å². The average molecular weight is 387 g/mol. The van der Waals surface area contributed by atoms with Crippen LogP contribution in [0.2, 0.25) is 0 Å². The van der Waals surface area contributed by atoms with Crippen LogP contribution >= 0.6 is 0 Å². The minimum atomic E-state index is -0.740. The van der Waals surface area contributed by atoms with Crippen LogP contribution in [0.3, 0.4) is 0 Å². The molecule has 5 heteroatoms. The number of nitrogens with zero attached hydrogens (tertiary/aromatic N) is 1. The van der Waals surface area contributed by atoms with Gasteiger partial charge < -0.3 is 14.4 Å². The third-order valence-electron chi connectivity index (χ3n) is 4.30. The highest BCUT2D eigenvalue weighted by molar-refractivity contribution is 6.17. The lowest BCUT2D eigenvalue weighted by molar-refractivity contribution is -0.143. The van der Waals surface area contributed by atoms with Crippen molar-refractivity contribution >= 4 is 35.1 Å². The standard InChI is InChI=1S/C24H21NO4/c1-28-23(26)22(24(27)29-2)17-18-13-15-21(16-14-18)25(19-9-5-3-6-10-19)20-11-7-4-8-12-20/h3-17H,1-2H3. The number of hydrogen-bond acceptors (Lipinski definition) is 5. The molecular weight excluding hydrogens is 366 g/mol. The minimum Gasteiger partial charge on any atom is -0.465 e. The lowest BCUT2D eigenvalue weighted by Gasteiger charge is -2.25. The SMILES string of the molecule is COC(=O)C(=Cc1ccc(N(c2ccccc2)c2ccccc2)cc1)C(=O)OC. The normalized spacial score (nSPS) is 10.0. The number of anilines is 3. The fourth-order valence-corrected chi connectivity index (χ4v) is 2.91. The largest absolute Gasteiger partial charge is 0.465 e. The second-order valence-electron chi connectivity index (χ2n) is 6.14. The van der Waals surface area contributed by atoms with Gasteiger partial charge in [-0.05, 0) is 48.0 Å². The van der Waals surface area contributed by atoms with Crippen molar-refractivity contribution in [3.63, 3.8) is 0 Å². The van der Waals surface area contributed by atoms with Gasteiger partial charge in [-0.3, -0.25) is 0 Å². The van der Waals surface area contributed by atoms with E-state index in [9.17, 15) is 9.59 Å². The molecule has 0 spiro atoms. The number of methoxy groups -OCH3 is 2. The van der Waals surface area contributed by atoms with Gasteiger partial charge in [-0.2, -0.15) is 0 Å². The molecule has 0 atom stereocenters. The molecule has 3 rings (SSSR count). The first-order chi connectivity index (χ1) is 14.1. The van der Waals surface area contributed by atoms with E-state index >= 15 is 0 Å². The Balaban J connectivity index is 1.99. The van der Waals surface area contributed by atoms with Gasteiger partial charge in [0.25, 0.3) is 0 Å². The third-order valence-corrected chi connectivity index (χ3v) is 4.30. The monoisotopic (exact) mass is 387 g/mol. The summed E-state index contributed by atoms with van der Waals surface area (Å²) in [6.07, 6.45) is 1.46. The molecule has 29 heavy (non-hydrogen) atoms. The van der Waals surface area contributed by atoms with Gasteiger partial charge in [-0.15, -0.1) is 0 Å². The summed E-state index contributed by atoms with van der Waals surface area (Å²) in [4.78, 5) is 25.8. The van der Waals surface area contributed by atoms with Crippen molar-refractivity contribution in [2.75, 3.05) is 19.1 Å². The number of benzene rings is 3. The molecule has 0 amide bonds. The zero-order valence-corrected chi connectivity index (χ0v) is 16.2. The lowest BCUT2D eigenvalue weighted by atomic mass is 10.1. The number of para-hydroxylation sites is 2. The van der Waals surface area contributed by atoms with E-state index in [1.165, 1.54) is 20.3 Å². The van der Waals surface area contributed by atoms with Gasteiger partial charge >= 0.3 is 11.9 Å². The molecule has 0 radical (unpaired) electrons. The van der Waals surface area contributed by atoms with Gasteiger partial charge in [0.1, 0.15) is 5.57 Å². The summed E-state index contributed by atoms with van der Waals surface area (Å²) in [5.41, 5.74) is 3.50. The Morgan fingerprint density at radius 2 is 1.07 bits per heavy atom. The predicted octanol–water partition coefficient (Wildman–Crippen LogP) is 4.89. The Kier molecular flexibility index (Phi) is 6.43. The minimum absolute atomic E-state index is 0.161. The summed E-state index contributed by atoms with van der Waals surface area (Å²) in [6, 6.07) is 27.6. The molecule has 0 aromatic heterocycles. The summed E-state index contributed by atoms with van der Waals surface area (Å²) >= 11 is 0. The molecule has 0 aliphatic rings. The molecule has 0 heterocycles. The van der Waals surface area contributed by atoms with E-state index < -0.39 is 11.9 Å². The first-order valence-corrected chi connectivity index (χ1v) is 9.02. The van der Waals surface area contributed by atoms with E-state index in [0.29, 0.717) is 5.56 Å². The van der Waals surface area contributed by atoms with Crippen molar-refractivity contribution in [2.24, 2.45) is 0 Å². The second-order valence-corrected chi connectivity index (χ2v) is 6.14. The van der Waals surface area contributed by atoms with Crippen LogP contribution in [-0.2, 0) is 19.1 Å². The predicted molar refractivity (Wildman–Crippen MR) is 113 cm³/mol. The van der Waals surface area contributed by atoms with Gasteiger partial charge in [-0.25, -0.2) is 9.59 Å². The Morgan fingerprint density at radius 1 is 0.655 bits per heavy atom. The maximum atomic E-state index is 11.9. The molecule has 0 unspecified atom stereocenters. The number of hydrogen-bond donors (Lipinski definition) is 0. The number of esters is 2. The summed E-state index contributed by atoms with van der Waals surface area (Å²) in [5, 5.41) is 0. The summed E-state index contributed by atoms with van der Waals surface area (Å²) < 4.78 is 9.34. The highest BCUT2D eigenvalue weighted by Crippen LogP contribution is 2.34. The lowest BCUT2D eigenvalue weighted by Crippen LogP contribution is -2.15. The van der Waals surface area contributed by atoms with Gasteiger partial charge in [0.15, 0.2) is 0 Å². The summed E-state index contributed by atoms with van der Waals surface area (Å²) in [7, 11) is 2.44. The van der Waals surface area contributed by atoms with Crippen molar-refractivity contribution in [1.29, 1.82) is 0 Å². The van der Waals surface area contributed by atoms with E-state index in [1.54, 1.807) is 0 Å². The molecule has 0 saturated carbocycles. The molecule has 0 fully saturated rings. The van der Waals surface area contributed by atoms with Crippen LogP contribution in [0.4, 0.5) is 17.1 Å². The van der Waals surface area contributed by atoms with E-state index in [-0.39, 0.29) is 5.57 Å². The number of carbonyl (C=O) groups is 2. The Morgan fingerprint density at radius 3 is 1.48 bits per heavy atom. The Hall–Kier alpha value is -3.86. The van der Waals surface area contributed by atoms with E-state index in [2.05, 4.69) is 14.4 Å². The first kappa shape index (κ1) is 19.9. The number of carbonyl (C=O) groups excluding carboxylic acids is 2. The summed E-state index contributed by atoms with van der Waals surface area (Å²) in [5.74, 6) is -1.48. The molecule has 0 bridgehead atoms. The van der Waals surface area contributed by atoms with Crippen LogP contribution in [0.15, 0.2) is 90.5 Å². The molecule has 5 nitrogen and oxygen atoms in total. The van der Waals surface area contributed by atoms with Gasteiger partial charge in [0, 0.05) is 17.1 Å². The smallest absolute Gasteiger partial charge is 0.345 e. The molecular formula is C24H21NO4. The van der Waals surface area contributed by atoms with Crippen LogP contribution in [0, 0.1) is 0 Å². The highest BCUT2D eigenvalue weighted by atomic mass is 16.5. The van der Waals surface area contributed by atoms with Crippen molar-refractivity contribution in [3.8, 4) is 0 Å². The highest BCUT2D eigenvalue weighted by Gasteiger charge is 2.19. The van der Waals surface area contributed by atoms with E-state index in [1.807, 2.05) is 84.9 Å². The van der Waals surface area contributed by atoms with E-state index in [0.717, 1.165) is 17.1 Å². The van der Waals surface area contributed by atoms with Gasteiger partial charge in [0.2, 0.25) is 0 Å². The van der Waals surface area contributed by atoms with Crippen LogP contribution in [0.1, 0.15) is 5.56 Å². The maximum Gasteiger partial charge on any atom is 0.345 e. The summed E-state index contributed by atoms with van der Waals surface area (Å²) in [6.45, 7) is 0. The Bertz CT molecular complexity index is 939. The van der Waals surface area contributed by atoms with Crippen molar-refractivity contribution in [2.45, 2.75) is 0 Å². The number of rotatable bonds is 6. The quantitative estimate of drug-likeness (QED) is 0.261. The first-order valence-electron chi connectivity index (χ1n) is 9.02. The molecule has 146 valence electrons. The number of ether oxygens (including phenoxy) is 2. The van der Waals surface area contributed by atoms with Crippen molar-refractivity contribution in [3.05, 3.63) is 96.1 Å².